The van der Waals surface area contributed by atoms with Gasteiger partial charge in [0.25, 0.3) is 5.91 Å². The molecule has 0 unspecified atom stereocenters. The van der Waals surface area contributed by atoms with Gasteiger partial charge in [-0.05, 0) is 31.2 Å². The maximum atomic E-state index is 12.6. The Labute approximate surface area is 133 Å². The molecule has 1 amide bonds. The predicted octanol–water partition coefficient (Wildman–Crippen LogP) is 2.96. The number of hydrogen-bond acceptors (Lipinski definition) is 4. The molecule has 0 aromatic heterocycles. The Hall–Kier alpha value is -3.02. The van der Waals surface area contributed by atoms with Gasteiger partial charge in [0.05, 0.1) is 25.5 Å². The lowest BCUT2D eigenvalue weighted by atomic mass is 10.1. The first-order valence-corrected chi connectivity index (χ1v) is 6.84. The summed E-state index contributed by atoms with van der Waals surface area (Å²) < 4.78 is 10.4. The molecule has 0 spiro atoms. The van der Waals surface area contributed by atoms with Gasteiger partial charge in [-0.15, -0.1) is 0 Å². The number of ether oxygens (including phenoxy) is 2. The van der Waals surface area contributed by atoms with Crippen molar-refractivity contribution >= 4 is 17.6 Å². The Balaban J connectivity index is 2.43. The smallest absolute Gasteiger partial charge is 0.337 e. The fourth-order valence-corrected chi connectivity index (χ4v) is 2.20. The molecular weight excluding hydrogens is 298 g/mol. The van der Waals surface area contributed by atoms with Gasteiger partial charge in [-0.1, -0.05) is 17.7 Å². The van der Waals surface area contributed by atoms with Crippen LogP contribution in [0.2, 0.25) is 0 Å². The van der Waals surface area contributed by atoms with Crippen LogP contribution >= 0.6 is 0 Å². The number of anilines is 1. The third-order valence-corrected chi connectivity index (χ3v) is 3.31. The van der Waals surface area contributed by atoms with Crippen molar-refractivity contribution in [2.45, 2.75) is 6.92 Å². The van der Waals surface area contributed by atoms with Gasteiger partial charge in [-0.2, -0.15) is 0 Å². The molecule has 6 nitrogen and oxygen atoms in total. The van der Waals surface area contributed by atoms with E-state index in [0.717, 1.165) is 5.56 Å². The van der Waals surface area contributed by atoms with E-state index in [2.05, 4.69) is 5.32 Å². The number of aryl methyl sites for hydroxylation is 1. The van der Waals surface area contributed by atoms with Gasteiger partial charge in [-0.3, -0.25) is 4.79 Å². The Bertz CT molecular complexity index is 732. The van der Waals surface area contributed by atoms with Crippen LogP contribution in [0.5, 0.6) is 11.5 Å². The highest BCUT2D eigenvalue weighted by Gasteiger charge is 2.20. The molecule has 0 aliphatic carbocycles. The molecule has 0 aliphatic heterocycles. The highest BCUT2D eigenvalue weighted by molar-refractivity contribution is 6.10. The fraction of sp³-hybridized carbons (Fsp3) is 0.176. The van der Waals surface area contributed by atoms with E-state index in [9.17, 15) is 14.7 Å². The molecule has 23 heavy (non-hydrogen) atoms. The first-order valence-electron chi connectivity index (χ1n) is 6.84. The number of methoxy groups -OCH3 is 2. The van der Waals surface area contributed by atoms with Gasteiger partial charge in [0.15, 0.2) is 0 Å². The fourth-order valence-electron chi connectivity index (χ4n) is 2.20. The summed E-state index contributed by atoms with van der Waals surface area (Å²) in [6, 6.07) is 9.73. The lowest BCUT2D eigenvalue weighted by Gasteiger charge is -2.14. The van der Waals surface area contributed by atoms with Crippen LogP contribution in [-0.2, 0) is 0 Å². The van der Waals surface area contributed by atoms with Crippen LogP contribution in [0, 0.1) is 6.92 Å². The summed E-state index contributed by atoms with van der Waals surface area (Å²) in [5.74, 6) is -0.946. The molecule has 0 heterocycles. The molecule has 2 rings (SSSR count). The Morgan fingerprint density at radius 2 is 1.65 bits per heavy atom. The van der Waals surface area contributed by atoms with E-state index < -0.39 is 11.9 Å². The Kier molecular flexibility index (Phi) is 4.85. The van der Waals surface area contributed by atoms with Crippen molar-refractivity contribution in [1.29, 1.82) is 0 Å². The normalized spacial score (nSPS) is 10.0. The maximum absolute atomic E-state index is 12.6. The largest absolute Gasteiger partial charge is 0.496 e. The first kappa shape index (κ1) is 16.4. The van der Waals surface area contributed by atoms with Gasteiger partial charge in [0, 0.05) is 0 Å². The third kappa shape index (κ3) is 3.42. The van der Waals surface area contributed by atoms with Gasteiger partial charge in [0.1, 0.15) is 17.1 Å². The SMILES string of the molecule is COc1cccc(OC)c1C(=O)Nc1ccc(C)cc1C(=O)O. The Morgan fingerprint density at radius 1 is 1.04 bits per heavy atom. The molecule has 0 saturated heterocycles. The number of benzene rings is 2. The lowest BCUT2D eigenvalue weighted by molar-refractivity contribution is 0.0698. The van der Waals surface area contributed by atoms with E-state index in [1.54, 1.807) is 37.3 Å². The monoisotopic (exact) mass is 315 g/mol. The number of aromatic carboxylic acids is 1. The van der Waals surface area contributed by atoms with Crippen molar-refractivity contribution in [3.8, 4) is 11.5 Å². The van der Waals surface area contributed by atoms with Crippen LogP contribution < -0.4 is 14.8 Å². The van der Waals surface area contributed by atoms with E-state index in [1.807, 2.05) is 0 Å². The van der Waals surface area contributed by atoms with Crippen molar-refractivity contribution < 1.29 is 24.2 Å². The van der Waals surface area contributed by atoms with Crippen molar-refractivity contribution in [3.05, 3.63) is 53.1 Å². The summed E-state index contributed by atoms with van der Waals surface area (Å²) in [5.41, 5.74) is 1.22. The molecule has 2 aromatic carbocycles. The van der Waals surface area contributed by atoms with E-state index >= 15 is 0 Å². The molecule has 120 valence electrons. The summed E-state index contributed by atoms with van der Waals surface area (Å²) in [7, 11) is 2.89. The minimum atomic E-state index is -1.11. The van der Waals surface area contributed by atoms with Crippen LogP contribution in [0.1, 0.15) is 26.3 Å². The maximum Gasteiger partial charge on any atom is 0.337 e. The highest BCUT2D eigenvalue weighted by atomic mass is 16.5. The lowest BCUT2D eigenvalue weighted by Crippen LogP contribution is -2.17. The molecule has 0 bridgehead atoms. The van der Waals surface area contributed by atoms with E-state index in [0.29, 0.717) is 11.5 Å². The summed E-state index contributed by atoms with van der Waals surface area (Å²) in [6.07, 6.45) is 0. The molecule has 0 radical (unpaired) electrons. The number of hydrogen-bond donors (Lipinski definition) is 2. The topological polar surface area (TPSA) is 84.9 Å². The summed E-state index contributed by atoms with van der Waals surface area (Å²) >= 11 is 0. The van der Waals surface area contributed by atoms with Crippen molar-refractivity contribution in [2.24, 2.45) is 0 Å². The summed E-state index contributed by atoms with van der Waals surface area (Å²) in [4.78, 5) is 23.9. The minimum absolute atomic E-state index is 0.0206. The number of carbonyl (C=O) groups excluding carboxylic acids is 1. The van der Waals surface area contributed by atoms with Crippen molar-refractivity contribution in [1.82, 2.24) is 0 Å². The quantitative estimate of drug-likeness (QED) is 0.886. The van der Waals surface area contributed by atoms with Gasteiger partial charge < -0.3 is 19.9 Å². The number of carbonyl (C=O) groups is 2. The molecule has 2 N–H and O–H groups in total. The van der Waals surface area contributed by atoms with Crippen LogP contribution in [-0.4, -0.2) is 31.2 Å². The zero-order valence-electron chi connectivity index (χ0n) is 13.0. The minimum Gasteiger partial charge on any atom is -0.496 e. The van der Waals surface area contributed by atoms with Crippen LogP contribution in [0.3, 0.4) is 0 Å². The van der Waals surface area contributed by atoms with Crippen LogP contribution in [0.25, 0.3) is 0 Å². The predicted molar refractivity (Wildman–Crippen MR) is 85.6 cm³/mol. The molecule has 0 aliphatic rings. The number of amides is 1. The number of carboxylic acids is 1. The van der Waals surface area contributed by atoms with E-state index in [1.165, 1.54) is 20.3 Å². The average molecular weight is 315 g/mol. The summed E-state index contributed by atoms with van der Waals surface area (Å²) in [5, 5.41) is 11.9. The molecule has 6 heteroatoms. The zero-order chi connectivity index (χ0) is 17.0. The average Bonchev–Trinajstić information content (AvgIpc) is 2.55. The second kappa shape index (κ2) is 6.83. The highest BCUT2D eigenvalue weighted by Crippen LogP contribution is 2.29. The molecule has 0 atom stereocenters. The molecular formula is C17H17NO5. The Morgan fingerprint density at radius 3 is 2.17 bits per heavy atom. The van der Waals surface area contributed by atoms with Crippen molar-refractivity contribution in [3.63, 3.8) is 0 Å². The van der Waals surface area contributed by atoms with Gasteiger partial charge >= 0.3 is 5.97 Å². The van der Waals surface area contributed by atoms with E-state index in [4.69, 9.17) is 9.47 Å². The van der Waals surface area contributed by atoms with Gasteiger partial charge in [-0.25, -0.2) is 4.79 Å². The standard InChI is InChI=1S/C17H17NO5/c1-10-7-8-12(11(9-10)17(20)21)18-16(19)15-13(22-2)5-4-6-14(15)23-3/h4-9H,1-3H3,(H,18,19)(H,20,21). The number of rotatable bonds is 5. The second-order valence-electron chi connectivity index (χ2n) is 4.85. The van der Waals surface area contributed by atoms with Gasteiger partial charge in [0.2, 0.25) is 0 Å². The van der Waals surface area contributed by atoms with Crippen molar-refractivity contribution in [2.75, 3.05) is 19.5 Å². The first-order chi connectivity index (χ1) is 11.0. The number of nitrogens with one attached hydrogen (secondary N) is 1. The molecule has 2 aromatic rings. The molecule has 0 saturated carbocycles. The zero-order valence-corrected chi connectivity index (χ0v) is 13.0. The summed E-state index contributed by atoms with van der Waals surface area (Å²) in [6.45, 7) is 1.78. The van der Waals surface area contributed by atoms with E-state index in [-0.39, 0.29) is 16.8 Å². The third-order valence-electron chi connectivity index (χ3n) is 3.31. The number of carboxylic acid groups (broad SMARTS) is 1. The van der Waals surface area contributed by atoms with Crippen LogP contribution in [0.4, 0.5) is 5.69 Å². The molecule has 0 fully saturated rings. The van der Waals surface area contributed by atoms with Crippen LogP contribution in [0.15, 0.2) is 36.4 Å². The second-order valence-corrected chi connectivity index (χ2v) is 4.85.